The van der Waals surface area contributed by atoms with E-state index in [1.54, 1.807) is 12.0 Å². The maximum atomic E-state index is 12.4. The highest BCUT2D eigenvalue weighted by Gasteiger charge is 2.21. The van der Waals surface area contributed by atoms with Crippen LogP contribution in [0.1, 0.15) is 24.2 Å². The molecule has 20 heavy (non-hydrogen) atoms. The van der Waals surface area contributed by atoms with Gasteiger partial charge in [-0.1, -0.05) is 5.16 Å². The van der Waals surface area contributed by atoms with Crippen LogP contribution in [-0.2, 0) is 0 Å². The molecule has 0 saturated heterocycles. The number of nitrogens with zero attached hydrogens (tertiary/aromatic N) is 2. The second-order valence-electron chi connectivity index (χ2n) is 4.27. The molecule has 0 aliphatic heterocycles. The summed E-state index contributed by atoms with van der Waals surface area (Å²) in [6.45, 7) is 5.20. The number of amides is 1. The lowest BCUT2D eigenvalue weighted by Crippen LogP contribution is -2.30. The minimum atomic E-state index is -0.0675. The normalized spacial score (nSPS) is 10.3. The highest BCUT2D eigenvalue weighted by molar-refractivity contribution is 5.99. The summed E-state index contributed by atoms with van der Waals surface area (Å²) in [6.07, 6.45) is 1.47. The summed E-state index contributed by atoms with van der Waals surface area (Å²) in [5.74, 6) is 1.18. The molecule has 0 saturated carbocycles. The molecule has 0 N–H and O–H groups in total. The van der Waals surface area contributed by atoms with Crippen LogP contribution in [0.5, 0.6) is 5.75 Å². The Kier molecular flexibility index (Phi) is 4.40. The van der Waals surface area contributed by atoms with Gasteiger partial charge in [-0.05, 0) is 38.1 Å². The number of ether oxygens (including phenoxy) is 1. The zero-order valence-corrected chi connectivity index (χ0v) is 11.9. The molecule has 1 aromatic heterocycles. The van der Waals surface area contributed by atoms with Crippen LogP contribution in [0.15, 0.2) is 35.0 Å². The van der Waals surface area contributed by atoms with Gasteiger partial charge in [0.1, 0.15) is 11.3 Å². The number of carbonyl (C=O) groups is 1. The van der Waals surface area contributed by atoms with Crippen molar-refractivity contribution in [2.45, 2.75) is 13.8 Å². The third-order valence-electron chi connectivity index (χ3n) is 3.20. The number of aromatic nitrogens is 1. The summed E-state index contributed by atoms with van der Waals surface area (Å²) in [6, 6.07) is 7.34. The van der Waals surface area contributed by atoms with Crippen LogP contribution in [0.2, 0.25) is 0 Å². The molecule has 0 radical (unpaired) electrons. The summed E-state index contributed by atoms with van der Waals surface area (Å²) in [5, 5.41) is 3.76. The van der Waals surface area contributed by atoms with Crippen molar-refractivity contribution in [3.63, 3.8) is 0 Å². The largest absolute Gasteiger partial charge is 0.497 e. The van der Waals surface area contributed by atoms with Crippen molar-refractivity contribution in [2.24, 2.45) is 0 Å². The van der Waals surface area contributed by atoms with Crippen molar-refractivity contribution >= 4 is 5.91 Å². The molecule has 0 unspecified atom stereocenters. The Morgan fingerprint density at radius 3 is 2.45 bits per heavy atom. The highest BCUT2D eigenvalue weighted by Crippen LogP contribution is 2.26. The van der Waals surface area contributed by atoms with Gasteiger partial charge in [-0.15, -0.1) is 0 Å². The number of rotatable bonds is 5. The van der Waals surface area contributed by atoms with E-state index in [2.05, 4.69) is 5.16 Å². The van der Waals surface area contributed by atoms with E-state index in [0.717, 1.165) is 11.3 Å². The van der Waals surface area contributed by atoms with Gasteiger partial charge in [0.15, 0.2) is 5.76 Å². The Balaban J connectivity index is 2.34. The zero-order valence-electron chi connectivity index (χ0n) is 11.9. The first-order valence-corrected chi connectivity index (χ1v) is 6.59. The molecule has 1 aromatic carbocycles. The Morgan fingerprint density at radius 2 is 1.90 bits per heavy atom. The minimum absolute atomic E-state index is 0.0675. The van der Waals surface area contributed by atoms with Gasteiger partial charge < -0.3 is 14.2 Å². The fourth-order valence-electron chi connectivity index (χ4n) is 2.02. The van der Waals surface area contributed by atoms with Crippen LogP contribution >= 0.6 is 0 Å². The van der Waals surface area contributed by atoms with E-state index in [1.807, 2.05) is 38.1 Å². The molecule has 2 aromatic rings. The standard InChI is InChI=1S/C15H18N2O3/c1-4-17(5-2)15(18)13-10-16-20-14(13)11-6-8-12(19-3)9-7-11/h6-10H,4-5H2,1-3H3. The monoisotopic (exact) mass is 274 g/mol. The zero-order chi connectivity index (χ0) is 14.5. The van der Waals surface area contributed by atoms with Gasteiger partial charge in [0, 0.05) is 18.7 Å². The molecular formula is C15H18N2O3. The van der Waals surface area contributed by atoms with Gasteiger partial charge in [0.25, 0.3) is 5.91 Å². The molecular weight excluding hydrogens is 256 g/mol. The fourth-order valence-corrected chi connectivity index (χ4v) is 2.02. The van der Waals surface area contributed by atoms with E-state index in [0.29, 0.717) is 24.4 Å². The third kappa shape index (κ3) is 2.66. The Labute approximate surface area is 118 Å². The van der Waals surface area contributed by atoms with Gasteiger partial charge in [-0.2, -0.15) is 0 Å². The molecule has 0 fully saturated rings. The van der Waals surface area contributed by atoms with Crippen LogP contribution in [-0.4, -0.2) is 36.2 Å². The smallest absolute Gasteiger partial charge is 0.259 e. The van der Waals surface area contributed by atoms with Crippen LogP contribution in [0, 0.1) is 0 Å². The summed E-state index contributed by atoms with van der Waals surface area (Å²) < 4.78 is 10.4. The lowest BCUT2D eigenvalue weighted by atomic mass is 10.1. The van der Waals surface area contributed by atoms with E-state index >= 15 is 0 Å². The van der Waals surface area contributed by atoms with Crippen LogP contribution in [0.25, 0.3) is 11.3 Å². The molecule has 1 amide bonds. The minimum Gasteiger partial charge on any atom is -0.497 e. The predicted octanol–water partition coefficient (Wildman–Crippen LogP) is 2.83. The molecule has 1 heterocycles. The molecule has 0 bridgehead atoms. The quantitative estimate of drug-likeness (QED) is 0.841. The summed E-state index contributed by atoms with van der Waals surface area (Å²) in [7, 11) is 1.61. The average molecular weight is 274 g/mol. The highest BCUT2D eigenvalue weighted by atomic mass is 16.5. The number of benzene rings is 1. The average Bonchev–Trinajstić information content (AvgIpc) is 2.98. The first-order valence-electron chi connectivity index (χ1n) is 6.59. The Morgan fingerprint density at radius 1 is 1.25 bits per heavy atom. The molecule has 0 spiro atoms. The first-order chi connectivity index (χ1) is 9.71. The maximum Gasteiger partial charge on any atom is 0.259 e. The fraction of sp³-hybridized carbons (Fsp3) is 0.333. The molecule has 2 rings (SSSR count). The van der Waals surface area contributed by atoms with Gasteiger partial charge in [-0.25, -0.2) is 0 Å². The van der Waals surface area contributed by atoms with Gasteiger partial charge in [0.05, 0.1) is 13.3 Å². The predicted molar refractivity (Wildman–Crippen MR) is 75.7 cm³/mol. The van der Waals surface area contributed by atoms with Crippen LogP contribution in [0.4, 0.5) is 0 Å². The number of carbonyl (C=O) groups excluding carboxylic acids is 1. The molecule has 0 atom stereocenters. The van der Waals surface area contributed by atoms with Crippen molar-refractivity contribution in [3.05, 3.63) is 36.0 Å². The van der Waals surface area contributed by atoms with Gasteiger partial charge in [0.2, 0.25) is 0 Å². The van der Waals surface area contributed by atoms with Crippen LogP contribution < -0.4 is 4.74 Å². The second kappa shape index (κ2) is 6.23. The summed E-state index contributed by atoms with van der Waals surface area (Å²) in [5.41, 5.74) is 1.29. The Hall–Kier alpha value is -2.30. The molecule has 0 aliphatic rings. The lowest BCUT2D eigenvalue weighted by molar-refractivity contribution is 0.0773. The van der Waals surface area contributed by atoms with Gasteiger partial charge in [-0.3, -0.25) is 4.79 Å². The van der Waals surface area contributed by atoms with Crippen molar-refractivity contribution < 1.29 is 14.1 Å². The number of hydrogen-bond donors (Lipinski definition) is 0. The number of hydrogen-bond acceptors (Lipinski definition) is 4. The molecule has 5 nitrogen and oxygen atoms in total. The van der Waals surface area contributed by atoms with E-state index < -0.39 is 0 Å². The van der Waals surface area contributed by atoms with E-state index in [4.69, 9.17) is 9.26 Å². The van der Waals surface area contributed by atoms with Gasteiger partial charge >= 0.3 is 0 Å². The van der Waals surface area contributed by atoms with Crippen molar-refractivity contribution in [2.75, 3.05) is 20.2 Å². The Bertz CT molecular complexity index is 571. The second-order valence-corrected chi connectivity index (χ2v) is 4.27. The number of methoxy groups -OCH3 is 1. The van der Waals surface area contributed by atoms with Crippen molar-refractivity contribution in [1.29, 1.82) is 0 Å². The van der Waals surface area contributed by atoms with E-state index in [-0.39, 0.29) is 5.91 Å². The topological polar surface area (TPSA) is 55.6 Å². The third-order valence-corrected chi connectivity index (χ3v) is 3.20. The van der Waals surface area contributed by atoms with Crippen molar-refractivity contribution in [1.82, 2.24) is 10.1 Å². The van der Waals surface area contributed by atoms with Crippen LogP contribution in [0.3, 0.4) is 0 Å². The first kappa shape index (κ1) is 14.1. The summed E-state index contributed by atoms with van der Waals surface area (Å²) in [4.78, 5) is 14.1. The van der Waals surface area contributed by atoms with E-state index in [9.17, 15) is 4.79 Å². The van der Waals surface area contributed by atoms with E-state index in [1.165, 1.54) is 6.20 Å². The summed E-state index contributed by atoms with van der Waals surface area (Å²) >= 11 is 0. The lowest BCUT2D eigenvalue weighted by Gasteiger charge is -2.17. The molecule has 5 heteroatoms. The SMILES string of the molecule is CCN(CC)C(=O)c1cnoc1-c1ccc(OC)cc1. The van der Waals surface area contributed by atoms with Crippen molar-refractivity contribution in [3.8, 4) is 17.1 Å². The molecule has 0 aliphatic carbocycles. The maximum absolute atomic E-state index is 12.4. The molecule has 106 valence electrons.